The summed E-state index contributed by atoms with van der Waals surface area (Å²) in [6.07, 6.45) is 3.95. The Bertz CT molecular complexity index is 1240. The van der Waals surface area contributed by atoms with Crippen molar-refractivity contribution in [3.63, 3.8) is 0 Å². The van der Waals surface area contributed by atoms with E-state index in [0.29, 0.717) is 5.69 Å². The molecule has 0 aliphatic heterocycles. The first-order valence-electron chi connectivity index (χ1n) is 9.98. The molecule has 6 heteroatoms. The second kappa shape index (κ2) is 10.2. The van der Waals surface area contributed by atoms with Crippen molar-refractivity contribution in [2.24, 2.45) is 4.99 Å². The van der Waals surface area contributed by atoms with Crippen LogP contribution in [0, 0.1) is 24.1 Å². The van der Waals surface area contributed by atoms with Crippen LogP contribution in [-0.2, 0) is 0 Å². The Morgan fingerprint density at radius 1 is 1.06 bits per heavy atom. The lowest BCUT2D eigenvalue weighted by Gasteiger charge is -2.10. The lowest BCUT2D eigenvalue weighted by atomic mass is 10.0. The van der Waals surface area contributed by atoms with Gasteiger partial charge < -0.3 is 10.4 Å². The van der Waals surface area contributed by atoms with Crippen molar-refractivity contribution < 1.29 is 9.50 Å². The van der Waals surface area contributed by atoms with E-state index in [-0.39, 0.29) is 5.56 Å². The lowest BCUT2D eigenvalue weighted by Crippen LogP contribution is -1.93. The Balaban J connectivity index is 1.84. The number of thioether (sulfide) groups is 1. The van der Waals surface area contributed by atoms with E-state index < -0.39 is 11.6 Å². The number of rotatable bonds is 6. The smallest absolute Gasteiger partial charge is 0.182 e. The van der Waals surface area contributed by atoms with E-state index in [0.717, 1.165) is 33.0 Å². The highest BCUT2D eigenvalue weighted by Crippen LogP contribution is 2.30. The molecule has 2 N–H and O–H groups in total. The first kappa shape index (κ1) is 23.1. The second-order valence-corrected chi connectivity index (χ2v) is 8.35. The summed E-state index contributed by atoms with van der Waals surface area (Å²) in [5.74, 6) is -1.48. The average molecular weight is 446 g/mol. The minimum atomic E-state index is -0.916. The third-order valence-corrected chi connectivity index (χ3v) is 5.88. The number of nitriles is 1. The number of nitrogens with zero attached hydrogens (tertiary/aromatic N) is 2. The Morgan fingerprint density at radius 2 is 1.75 bits per heavy atom. The van der Waals surface area contributed by atoms with Crippen LogP contribution in [0.3, 0.4) is 0 Å². The van der Waals surface area contributed by atoms with Crippen molar-refractivity contribution in [3.8, 4) is 22.9 Å². The van der Waals surface area contributed by atoms with Gasteiger partial charge in [0, 0.05) is 28.6 Å². The Morgan fingerprint density at radius 3 is 2.38 bits per heavy atom. The maximum absolute atomic E-state index is 13.7. The number of aromatic hydroxyl groups is 1. The summed E-state index contributed by atoms with van der Waals surface area (Å²) in [7, 11) is 0. The maximum atomic E-state index is 13.7. The summed E-state index contributed by atoms with van der Waals surface area (Å²) in [4.78, 5) is 5.84. The van der Waals surface area contributed by atoms with Crippen LogP contribution in [0.2, 0.25) is 0 Å². The van der Waals surface area contributed by atoms with Crippen LogP contribution in [-0.4, -0.2) is 17.6 Å². The molecule has 0 saturated carbocycles. The van der Waals surface area contributed by atoms with Gasteiger partial charge in [0.25, 0.3) is 0 Å². The van der Waals surface area contributed by atoms with E-state index in [1.165, 1.54) is 17.7 Å². The molecule has 0 unspecified atom stereocenters. The molecule has 3 aromatic carbocycles. The molecule has 32 heavy (non-hydrogen) atoms. The minimum absolute atomic E-state index is 0.213. The number of allylic oxidation sites excluding steroid dienone is 2. The molecule has 0 bridgehead atoms. The molecule has 162 valence electrons. The third-order valence-electron chi connectivity index (χ3n) is 4.92. The quantitative estimate of drug-likeness (QED) is 0.386. The molecule has 0 aromatic heterocycles. The van der Waals surface area contributed by atoms with Crippen molar-refractivity contribution >= 4 is 35.0 Å². The molecule has 3 rings (SSSR count). The standard InChI is InChI=1S/C26H24FN3OS/c1-16(2)25(32-4)15-29-23-12-19(6-5-17(23)3)18-7-9-21(10-8-18)30-22-11-20(14-28)26(27)24(31)13-22/h5-13,15,30-31H,1-4H3. The second-order valence-electron chi connectivity index (χ2n) is 7.50. The van der Waals surface area contributed by atoms with Gasteiger partial charge in [-0.05, 0) is 68.0 Å². The summed E-state index contributed by atoms with van der Waals surface area (Å²) in [5, 5.41) is 21.8. The molecule has 0 saturated heterocycles. The van der Waals surface area contributed by atoms with Crippen molar-refractivity contribution in [2.45, 2.75) is 20.8 Å². The van der Waals surface area contributed by atoms with Gasteiger partial charge in [-0.2, -0.15) is 5.26 Å². The van der Waals surface area contributed by atoms with Gasteiger partial charge >= 0.3 is 0 Å². The molecule has 4 nitrogen and oxygen atoms in total. The summed E-state index contributed by atoms with van der Waals surface area (Å²) in [5.41, 5.74) is 6.29. The van der Waals surface area contributed by atoms with Crippen molar-refractivity contribution in [3.05, 3.63) is 82.0 Å². The number of hydrogen-bond acceptors (Lipinski definition) is 5. The molecule has 0 heterocycles. The molecule has 3 aromatic rings. The van der Waals surface area contributed by atoms with E-state index in [1.54, 1.807) is 17.8 Å². The number of benzene rings is 3. The number of halogens is 1. The van der Waals surface area contributed by atoms with Gasteiger partial charge in [0.05, 0.1) is 11.3 Å². The maximum Gasteiger partial charge on any atom is 0.182 e. The van der Waals surface area contributed by atoms with E-state index in [1.807, 2.05) is 43.7 Å². The highest BCUT2D eigenvalue weighted by atomic mass is 32.2. The minimum Gasteiger partial charge on any atom is -0.505 e. The molecular formula is C26H24FN3OS. The monoisotopic (exact) mass is 445 g/mol. The summed E-state index contributed by atoms with van der Waals surface area (Å²) < 4.78 is 13.7. The summed E-state index contributed by atoms with van der Waals surface area (Å²) in [6.45, 7) is 6.19. The summed E-state index contributed by atoms with van der Waals surface area (Å²) >= 11 is 1.68. The number of phenolic OH excluding ortho intramolecular Hbond substituents is 1. The van der Waals surface area contributed by atoms with Gasteiger partial charge in [-0.3, -0.25) is 4.99 Å². The number of nitrogens with one attached hydrogen (secondary N) is 1. The molecule has 0 aliphatic rings. The summed E-state index contributed by atoms with van der Waals surface area (Å²) in [6, 6.07) is 18.3. The first-order valence-corrected chi connectivity index (χ1v) is 11.2. The van der Waals surface area contributed by atoms with Gasteiger partial charge in [-0.1, -0.05) is 29.8 Å². The van der Waals surface area contributed by atoms with Crippen LogP contribution in [0.4, 0.5) is 21.5 Å². The molecule has 0 atom stereocenters. The van der Waals surface area contributed by atoms with Crippen LogP contribution < -0.4 is 5.32 Å². The molecule has 0 fully saturated rings. The van der Waals surface area contributed by atoms with E-state index in [4.69, 9.17) is 10.3 Å². The number of phenols is 1. The van der Waals surface area contributed by atoms with Gasteiger partial charge in [0.15, 0.2) is 11.6 Å². The molecule has 0 amide bonds. The topological polar surface area (TPSA) is 68.4 Å². The molecule has 0 radical (unpaired) electrons. The van der Waals surface area contributed by atoms with Gasteiger partial charge in [0.1, 0.15) is 6.07 Å². The zero-order valence-electron chi connectivity index (χ0n) is 18.4. The number of aliphatic imine (C=N–C) groups is 1. The van der Waals surface area contributed by atoms with E-state index in [2.05, 4.69) is 37.4 Å². The SMILES string of the molecule is CSC(C=Nc1cc(-c2ccc(Nc3cc(O)c(F)c(C#N)c3)cc2)ccc1C)=C(C)C. The largest absolute Gasteiger partial charge is 0.505 e. The fourth-order valence-corrected chi connectivity index (χ4v) is 3.68. The predicted molar refractivity (Wildman–Crippen MR) is 133 cm³/mol. The van der Waals surface area contributed by atoms with E-state index >= 15 is 0 Å². The highest BCUT2D eigenvalue weighted by molar-refractivity contribution is 8.03. The Labute approximate surface area is 192 Å². The van der Waals surface area contributed by atoms with Crippen LogP contribution >= 0.6 is 11.8 Å². The van der Waals surface area contributed by atoms with Gasteiger partial charge in [0.2, 0.25) is 0 Å². The van der Waals surface area contributed by atoms with Gasteiger partial charge in [-0.15, -0.1) is 11.8 Å². The van der Waals surface area contributed by atoms with E-state index in [9.17, 15) is 9.50 Å². The fraction of sp³-hybridized carbons (Fsp3) is 0.154. The normalized spacial score (nSPS) is 10.8. The zero-order valence-corrected chi connectivity index (χ0v) is 19.2. The van der Waals surface area contributed by atoms with Crippen LogP contribution in [0.5, 0.6) is 5.75 Å². The number of anilines is 2. The van der Waals surface area contributed by atoms with Crippen molar-refractivity contribution in [1.29, 1.82) is 5.26 Å². The highest BCUT2D eigenvalue weighted by Gasteiger charge is 2.10. The van der Waals surface area contributed by atoms with Crippen molar-refractivity contribution in [2.75, 3.05) is 11.6 Å². The van der Waals surface area contributed by atoms with Crippen LogP contribution in [0.25, 0.3) is 11.1 Å². The zero-order chi connectivity index (χ0) is 23.3. The molecular weight excluding hydrogens is 421 g/mol. The Kier molecular flexibility index (Phi) is 7.34. The van der Waals surface area contributed by atoms with Gasteiger partial charge in [-0.25, -0.2) is 4.39 Å². The third kappa shape index (κ3) is 5.37. The molecule has 0 spiro atoms. The van der Waals surface area contributed by atoms with Crippen molar-refractivity contribution in [1.82, 2.24) is 0 Å². The first-order chi connectivity index (χ1) is 15.3. The fourth-order valence-electron chi connectivity index (χ4n) is 3.12. The average Bonchev–Trinajstić information content (AvgIpc) is 2.78. The van der Waals surface area contributed by atoms with Crippen LogP contribution in [0.1, 0.15) is 25.0 Å². The number of aryl methyl sites for hydroxylation is 1. The molecule has 0 aliphatic carbocycles. The lowest BCUT2D eigenvalue weighted by molar-refractivity contribution is 0.432. The van der Waals surface area contributed by atoms with Crippen LogP contribution in [0.15, 0.2) is 70.1 Å². The Hall–Kier alpha value is -3.56. The number of hydrogen-bond donors (Lipinski definition) is 2. The predicted octanol–water partition coefficient (Wildman–Crippen LogP) is 7.48.